The number of aromatic nitrogens is 1. The molecule has 4 nitrogen and oxygen atoms in total. The van der Waals surface area contributed by atoms with Crippen molar-refractivity contribution < 1.29 is 9.53 Å². The van der Waals surface area contributed by atoms with E-state index in [1.807, 2.05) is 55.5 Å². The van der Waals surface area contributed by atoms with Crippen LogP contribution >= 0.6 is 0 Å². The Balaban J connectivity index is 1.91. The van der Waals surface area contributed by atoms with E-state index < -0.39 is 5.41 Å². The van der Waals surface area contributed by atoms with E-state index in [0.717, 1.165) is 11.3 Å². The van der Waals surface area contributed by atoms with Crippen LogP contribution < -0.4 is 5.32 Å². The SMILES string of the molecule is Cc1cccc(NC(=O)C2(c3ccccc3)CCOCC2)n1. The molecule has 2 aromatic rings. The molecule has 4 heteroatoms. The fourth-order valence-corrected chi connectivity index (χ4v) is 2.97. The van der Waals surface area contributed by atoms with E-state index in [2.05, 4.69) is 10.3 Å². The smallest absolute Gasteiger partial charge is 0.236 e. The lowest BCUT2D eigenvalue weighted by atomic mass is 9.73. The van der Waals surface area contributed by atoms with Gasteiger partial charge >= 0.3 is 0 Å². The van der Waals surface area contributed by atoms with Gasteiger partial charge in [0.15, 0.2) is 0 Å². The van der Waals surface area contributed by atoms with Crippen molar-refractivity contribution in [2.24, 2.45) is 0 Å². The van der Waals surface area contributed by atoms with Gasteiger partial charge in [-0.25, -0.2) is 4.98 Å². The Morgan fingerprint density at radius 3 is 2.50 bits per heavy atom. The minimum atomic E-state index is -0.537. The van der Waals surface area contributed by atoms with Gasteiger partial charge in [0.1, 0.15) is 5.82 Å². The molecule has 1 amide bonds. The molecule has 0 atom stereocenters. The van der Waals surface area contributed by atoms with Gasteiger partial charge in [0.05, 0.1) is 5.41 Å². The minimum absolute atomic E-state index is 0.0000926. The monoisotopic (exact) mass is 296 g/mol. The van der Waals surface area contributed by atoms with Crippen molar-refractivity contribution in [3.05, 3.63) is 59.8 Å². The highest BCUT2D eigenvalue weighted by Gasteiger charge is 2.41. The highest BCUT2D eigenvalue weighted by atomic mass is 16.5. The first-order chi connectivity index (χ1) is 10.7. The highest BCUT2D eigenvalue weighted by Crippen LogP contribution is 2.35. The Hall–Kier alpha value is -2.20. The zero-order valence-electron chi connectivity index (χ0n) is 12.7. The number of hydrogen-bond donors (Lipinski definition) is 1. The molecular weight excluding hydrogens is 276 g/mol. The van der Waals surface area contributed by atoms with E-state index in [1.54, 1.807) is 0 Å². The third kappa shape index (κ3) is 2.88. The second-order valence-corrected chi connectivity index (χ2v) is 5.68. The maximum absolute atomic E-state index is 13.0. The predicted octanol–water partition coefficient (Wildman–Crippen LogP) is 3.08. The van der Waals surface area contributed by atoms with E-state index in [-0.39, 0.29) is 5.91 Å². The average Bonchev–Trinajstić information content (AvgIpc) is 2.56. The number of carbonyl (C=O) groups excluding carboxylic acids is 1. The molecule has 0 bridgehead atoms. The summed E-state index contributed by atoms with van der Waals surface area (Å²) in [7, 11) is 0. The standard InChI is InChI=1S/C18H20N2O2/c1-14-6-5-9-16(19-14)20-17(21)18(10-12-22-13-11-18)15-7-3-2-4-8-15/h2-9H,10-13H2,1H3,(H,19,20,21). The molecule has 1 aliphatic rings. The van der Waals surface area contributed by atoms with Gasteiger partial charge in [-0.1, -0.05) is 36.4 Å². The molecule has 2 heterocycles. The third-order valence-electron chi connectivity index (χ3n) is 4.24. The number of anilines is 1. The van der Waals surface area contributed by atoms with Crippen LogP contribution in [0.3, 0.4) is 0 Å². The van der Waals surface area contributed by atoms with E-state index in [0.29, 0.717) is 31.9 Å². The van der Waals surface area contributed by atoms with Crippen molar-refractivity contribution in [2.75, 3.05) is 18.5 Å². The topological polar surface area (TPSA) is 51.2 Å². The molecule has 0 spiro atoms. The number of amides is 1. The van der Waals surface area contributed by atoms with Gasteiger partial charge < -0.3 is 10.1 Å². The summed E-state index contributed by atoms with van der Waals surface area (Å²) >= 11 is 0. The number of nitrogens with one attached hydrogen (secondary N) is 1. The van der Waals surface area contributed by atoms with Crippen LogP contribution in [0.2, 0.25) is 0 Å². The molecule has 1 saturated heterocycles. The van der Waals surface area contributed by atoms with Crippen LogP contribution in [0.25, 0.3) is 0 Å². The predicted molar refractivity (Wildman–Crippen MR) is 85.8 cm³/mol. The van der Waals surface area contributed by atoms with Crippen LogP contribution in [0.1, 0.15) is 24.1 Å². The Bertz CT molecular complexity index is 649. The van der Waals surface area contributed by atoms with Crippen LogP contribution in [-0.2, 0) is 14.9 Å². The first kappa shape index (κ1) is 14.7. The maximum Gasteiger partial charge on any atom is 0.236 e. The van der Waals surface area contributed by atoms with Crippen LogP contribution in [0, 0.1) is 6.92 Å². The van der Waals surface area contributed by atoms with Crippen molar-refractivity contribution in [1.29, 1.82) is 0 Å². The number of rotatable bonds is 3. The molecule has 1 fully saturated rings. The van der Waals surface area contributed by atoms with Gasteiger partial charge in [-0.2, -0.15) is 0 Å². The summed E-state index contributed by atoms with van der Waals surface area (Å²) < 4.78 is 5.47. The van der Waals surface area contributed by atoms with Gasteiger partial charge in [0.2, 0.25) is 5.91 Å². The molecule has 114 valence electrons. The lowest BCUT2D eigenvalue weighted by molar-refractivity contribution is -0.125. The number of aryl methyl sites for hydroxylation is 1. The average molecular weight is 296 g/mol. The van der Waals surface area contributed by atoms with Crippen molar-refractivity contribution in [3.8, 4) is 0 Å². The van der Waals surface area contributed by atoms with Gasteiger partial charge in [0, 0.05) is 18.9 Å². The van der Waals surface area contributed by atoms with Crippen molar-refractivity contribution in [3.63, 3.8) is 0 Å². The Labute approximate surface area is 130 Å². The molecule has 1 aliphatic heterocycles. The second-order valence-electron chi connectivity index (χ2n) is 5.68. The van der Waals surface area contributed by atoms with Crippen LogP contribution in [0.4, 0.5) is 5.82 Å². The number of nitrogens with zero attached hydrogens (tertiary/aromatic N) is 1. The molecule has 3 rings (SSSR count). The first-order valence-electron chi connectivity index (χ1n) is 7.59. The lowest BCUT2D eigenvalue weighted by Gasteiger charge is -2.36. The van der Waals surface area contributed by atoms with Gasteiger partial charge in [-0.15, -0.1) is 0 Å². The summed E-state index contributed by atoms with van der Waals surface area (Å²) in [4.78, 5) is 17.4. The summed E-state index contributed by atoms with van der Waals surface area (Å²) in [5, 5.41) is 2.99. The molecule has 0 radical (unpaired) electrons. The Kier molecular flexibility index (Phi) is 4.20. The summed E-state index contributed by atoms with van der Waals surface area (Å²) in [5.41, 5.74) is 1.40. The summed E-state index contributed by atoms with van der Waals surface area (Å²) in [6, 6.07) is 15.6. The van der Waals surface area contributed by atoms with Crippen LogP contribution in [0.5, 0.6) is 0 Å². The number of carbonyl (C=O) groups is 1. The van der Waals surface area contributed by atoms with Gasteiger partial charge in [0.25, 0.3) is 0 Å². The Morgan fingerprint density at radius 2 is 1.82 bits per heavy atom. The Morgan fingerprint density at radius 1 is 1.09 bits per heavy atom. The normalized spacial score (nSPS) is 17.0. The van der Waals surface area contributed by atoms with Crippen LogP contribution in [0.15, 0.2) is 48.5 Å². The summed E-state index contributed by atoms with van der Waals surface area (Å²) in [5.74, 6) is 0.604. The number of pyridine rings is 1. The number of benzene rings is 1. The highest BCUT2D eigenvalue weighted by molar-refractivity contribution is 5.98. The first-order valence-corrected chi connectivity index (χ1v) is 7.59. The summed E-state index contributed by atoms with van der Waals surface area (Å²) in [6.07, 6.45) is 1.38. The lowest BCUT2D eigenvalue weighted by Crippen LogP contribution is -2.45. The van der Waals surface area contributed by atoms with Gasteiger partial charge in [-0.05, 0) is 37.5 Å². The molecule has 0 saturated carbocycles. The molecule has 1 N–H and O–H groups in total. The number of hydrogen-bond acceptors (Lipinski definition) is 3. The zero-order valence-corrected chi connectivity index (χ0v) is 12.7. The second kappa shape index (κ2) is 6.28. The molecule has 22 heavy (non-hydrogen) atoms. The third-order valence-corrected chi connectivity index (χ3v) is 4.24. The van der Waals surface area contributed by atoms with Crippen LogP contribution in [-0.4, -0.2) is 24.1 Å². The van der Waals surface area contributed by atoms with E-state index in [4.69, 9.17) is 4.74 Å². The fourth-order valence-electron chi connectivity index (χ4n) is 2.97. The zero-order chi connectivity index (χ0) is 15.4. The van der Waals surface area contributed by atoms with Crippen molar-refractivity contribution in [1.82, 2.24) is 4.98 Å². The van der Waals surface area contributed by atoms with E-state index in [1.165, 1.54) is 0 Å². The van der Waals surface area contributed by atoms with Gasteiger partial charge in [-0.3, -0.25) is 4.79 Å². The fraction of sp³-hybridized carbons (Fsp3) is 0.333. The summed E-state index contributed by atoms with van der Waals surface area (Å²) in [6.45, 7) is 3.12. The quantitative estimate of drug-likeness (QED) is 0.947. The maximum atomic E-state index is 13.0. The number of ether oxygens (including phenoxy) is 1. The molecule has 1 aromatic carbocycles. The minimum Gasteiger partial charge on any atom is -0.381 e. The van der Waals surface area contributed by atoms with E-state index in [9.17, 15) is 4.79 Å². The molecule has 0 aliphatic carbocycles. The van der Waals surface area contributed by atoms with Crippen molar-refractivity contribution >= 4 is 11.7 Å². The molecule has 1 aromatic heterocycles. The molecular formula is C18H20N2O2. The van der Waals surface area contributed by atoms with E-state index >= 15 is 0 Å². The largest absolute Gasteiger partial charge is 0.381 e. The van der Waals surface area contributed by atoms with Crippen molar-refractivity contribution in [2.45, 2.75) is 25.2 Å². The molecule has 0 unspecified atom stereocenters.